The molecule has 0 fully saturated rings. The van der Waals surface area contributed by atoms with E-state index >= 15 is 0 Å². The zero-order chi connectivity index (χ0) is 18.5. The number of nitrogens with zero attached hydrogens (tertiary/aromatic N) is 3. The molecule has 26 heavy (non-hydrogen) atoms. The van der Waals surface area contributed by atoms with Crippen LogP contribution in [0.3, 0.4) is 0 Å². The number of aromatic nitrogens is 3. The fourth-order valence-corrected chi connectivity index (χ4v) is 2.98. The van der Waals surface area contributed by atoms with Crippen molar-refractivity contribution in [1.82, 2.24) is 15.0 Å². The topological polar surface area (TPSA) is 50.7 Å². The van der Waals surface area contributed by atoms with E-state index < -0.39 is 0 Å². The van der Waals surface area contributed by atoms with E-state index in [4.69, 9.17) is 0 Å². The Bertz CT molecular complexity index is 593. The van der Waals surface area contributed by atoms with Crippen molar-refractivity contribution in [2.24, 2.45) is 0 Å². The second kappa shape index (κ2) is 12.4. The molecule has 0 saturated heterocycles. The molecule has 2 aromatic rings. The van der Waals surface area contributed by atoms with Crippen LogP contribution in [0.4, 0.5) is 11.4 Å². The lowest BCUT2D eigenvalue weighted by molar-refractivity contribution is 0.628. The summed E-state index contributed by atoms with van der Waals surface area (Å²) in [7, 11) is 0. The van der Waals surface area contributed by atoms with Gasteiger partial charge in [0.25, 0.3) is 0 Å². The first-order chi connectivity index (χ1) is 12.8. The van der Waals surface area contributed by atoms with Crippen LogP contribution in [0.1, 0.15) is 83.2 Å². The van der Waals surface area contributed by atoms with E-state index in [2.05, 4.69) is 46.2 Å². The van der Waals surface area contributed by atoms with Crippen LogP contribution in [0.5, 0.6) is 0 Å². The van der Waals surface area contributed by atoms with Crippen molar-refractivity contribution >= 4 is 11.4 Å². The Morgan fingerprint density at radius 2 is 1.27 bits per heavy atom. The van der Waals surface area contributed by atoms with E-state index in [9.17, 15) is 0 Å². The van der Waals surface area contributed by atoms with Gasteiger partial charge >= 0.3 is 0 Å². The van der Waals surface area contributed by atoms with Crippen molar-refractivity contribution in [3.8, 4) is 0 Å². The van der Waals surface area contributed by atoms with E-state index in [0.717, 1.165) is 30.0 Å². The highest BCUT2D eigenvalue weighted by atomic mass is 15.0. The Morgan fingerprint density at radius 3 is 1.92 bits per heavy atom. The average molecular weight is 355 g/mol. The molecule has 0 radical (unpaired) electrons. The quantitative estimate of drug-likeness (QED) is 0.432. The molecular formula is C22H34N4. The molecule has 0 aliphatic rings. The van der Waals surface area contributed by atoms with Crippen molar-refractivity contribution in [2.75, 3.05) is 5.32 Å². The molecule has 142 valence electrons. The molecule has 0 aliphatic carbocycles. The third-order valence-electron chi connectivity index (χ3n) is 4.61. The van der Waals surface area contributed by atoms with Gasteiger partial charge in [-0.1, -0.05) is 58.8 Å². The molecule has 0 aromatic carbocycles. The van der Waals surface area contributed by atoms with Crippen molar-refractivity contribution in [3.05, 3.63) is 42.2 Å². The van der Waals surface area contributed by atoms with Crippen molar-refractivity contribution in [1.29, 1.82) is 0 Å². The van der Waals surface area contributed by atoms with E-state index in [0.29, 0.717) is 0 Å². The zero-order valence-corrected chi connectivity index (χ0v) is 16.5. The summed E-state index contributed by atoms with van der Waals surface area (Å²) in [5.41, 5.74) is 3.07. The lowest BCUT2D eigenvalue weighted by Crippen LogP contribution is -1.99. The van der Waals surface area contributed by atoms with Crippen molar-refractivity contribution in [3.63, 3.8) is 0 Å². The van der Waals surface area contributed by atoms with E-state index in [1.54, 1.807) is 0 Å². The monoisotopic (exact) mass is 354 g/mol. The largest absolute Gasteiger partial charge is 0.352 e. The predicted octanol–water partition coefficient (Wildman–Crippen LogP) is 6.25. The van der Waals surface area contributed by atoms with Gasteiger partial charge in [0.1, 0.15) is 5.82 Å². The molecule has 0 amide bonds. The van der Waals surface area contributed by atoms with Crippen LogP contribution in [0.15, 0.2) is 30.7 Å². The number of unbranched alkanes of at least 4 members (excludes halogenated alkanes) is 7. The van der Waals surface area contributed by atoms with Gasteiger partial charge in [0.15, 0.2) is 0 Å². The van der Waals surface area contributed by atoms with E-state index in [-0.39, 0.29) is 0 Å². The SMILES string of the molecule is CCCCCCCc1ccc(Nc2cnc(CCCCCC)nc2)cn1. The zero-order valence-electron chi connectivity index (χ0n) is 16.5. The van der Waals surface area contributed by atoms with Gasteiger partial charge in [-0.25, -0.2) is 9.97 Å². The number of hydrogen-bond acceptors (Lipinski definition) is 4. The molecule has 2 aromatic heterocycles. The fraction of sp³-hybridized carbons (Fsp3) is 0.591. The van der Waals surface area contributed by atoms with Crippen molar-refractivity contribution < 1.29 is 0 Å². The highest BCUT2D eigenvalue weighted by Crippen LogP contribution is 2.16. The average Bonchev–Trinajstić information content (AvgIpc) is 2.68. The van der Waals surface area contributed by atoms with E-state index in [1.165, 1.54) is 63.5 Å². The summed E-state index contributed by atoms with van der Waals surface area (Å²) in [6.07, 6.45) is 19.2. The second-order valence-corrected chi connectivity index (χ2v) is 7.03. The summed E-state index contributed by atoms with van der Waals surface area (Å²) in [5, 5.41) is 3.33. The number of rotatable bonds is 13. The summed E-state index contributed by atoms with van der Waals surface area (Å²) < 4.78 is 0. The van der Waals surface area contributed by atoms with Crippen molar-refractivity contribution in [2.45, 2.75) is 84.5 Å². The van der Waals surface area contributed by atoms with Crippen LogP contribution in [-0.2, 0) is 12.8 Å². The predicted molar refractivity (Wildman–Crippen MR) is 110 cm³/mol. The Balaban J connectivity index is 1.74. The lowest BCUT2D eigenvalue weighted by Gasteiger charge is -2.07. The Kier molecular flexibility index (Phi) is 9.70. The van der Waals surface area contributed by atoms with Gasteiger partial charge in [0, 0.05) is 12.1 Å². The molecule has 0 atom stereocenters. The fourth-order valence-electron chi connectivity index (χ4n) is 2.98. The van der Waals surface area contributed by atoms with Gasteiger partial charge in [-0.05, 0) is 31.4 Å². The molecule has 2 rings (SSSR count). The van der Waals surface area contributed by atoms with Crippen LogP contribution in [0.25, 0.3) is 0 Å². The van der Waals surface area contributed by atoms with E-state index in [1.807, 2.05) is 18.6 Å². The number of nitrogens with one attached hydrogen (secondary N) is 1. The molecule has 0 spiro atoms. The van der Waals surface area contributed by atoms with Gasteiger partial charge in [0.05, 0.1) is 30.0 Å². The minimum Gasteiger partial charge on any atom is -0.352 e. The van der Waals surface area contributed by atoms with Crippen LogP contribution >= 0.6 is 0 Å². The smallest absolute Gasteiger partial charge is 0.128 e. The third kappa shape index (κ3) is 7.94. The first kappa shape index (κ1) is 20.3. The summed E-state index contributed by atoms with van der Waals surface area (Å²) in [6.45, 7) is 4.48. The van der Waals surface area contributed by atoms with Crippen LogP contribution in [-0.4, -0.2) is 15.0 Å². The molecule has 0 unspecified atom stereocenters. The minimum absolute atomic E-state index is 0.913. The molecule has 0 saturated carbocycles. The second-order valence-electron chi connectivity index (χ2n) is 7.03. The normalized spacial score (nSPS) is 10.8. The summed E-state index contributed by atoms with van der Waals surface area (Å²) >= 11 is 0. The maximum Gasteiger partial charge on any atom is 0.128 e. The van der Waals surface area contributed by atoms with Crippen LogP contribution in [0.2, 0.25) is 0 Å². The summed E-state index contributed by atoms with van der Waals surface area (Å²) in [5.74, 6) is 0.934. The molecule has 1 N–H and O–H groups in total. The highest BCUT2D eigenvalue weighted by molar-refractivity contribution is 5.56. The standard InChI is InChI=1S/C22H34N4/c1-3-5-7-9-10-12-19-14-15-20(16-23-19)26-21-17-24-22(25-18-21)13-11-8-6-4-2/h14-18,26H,3-13H2,1-2H3. The summed E-state index contributed by atoms with van der Waals surface area (Å²) in [6, 6.07) is 4.21. The molecule has 0 aliphatic heterocycles. The molecule has 2 heterocycles. The maximum absolute atomic E-state index is 4.56. The van der Waals surface area contributed by atoms with Gasteiger partial charge in [-0.2, -0.15) is 0 Å². The first-order valence-corrected chi connectivity index (χ1v) is 10.3. The van der Waals surface area contributed by atoms with Gasteiger partial charge in [-0.3, -0.25) is 4.98 Å². The first-order valence-electron chi connectivity index (χ1n) is 10.3. The summed E-state index contributed by atoms with van der Waals surface area (Å²) in [4.78, 5) is 13.5. The third-order valence-corrected chi connectivity index (χ3v) is 4.61. The number of aryl methyl sites for hydroxylation is 2. The van der Waals surface area contributed by atoms with Gasteiger partial charge in [-0.15, -0.1) is 0 Å². The molecule has 4 nitrogen and oxygen atoms in total. The van der Waals surface area contributed by atoms with Gasteiger partial charge in [0.2, 0.25) is 0 Å². The highest BCUT2D eigenvalue weighted by Gasteiger charge is 2.01. The Morgan fingerprint density at radius 1 is 0.654 bits per heavy atom. The number of pyridine rings is 1. The van der Waals surface area contributed by atoms with Gasteiger partial charge < -0.3 is 5.32 Å². The molecule has 0 bridgehead atoms. The maximum atomic E-state index is 4.56. The molecule has 4 heteroatoms. The van der Waals surface area contributed by atoms with Crippen LogP contribution < -0.4 is 5.32 Å². The minimum atomic E-state index is 0.913. The Hall–Kier alpha value is -1.97. The lowest BCUT2D eigenvalue weighted by atomic mass is 10.1. The number of anilines is 2. The number of hydrogen-bond donors (Lipinski definition) is 1. The van der Waals surface area contributed by atoms with Crippen LogP contribution in [0, 0.1) is 0 Å². The Labute approximate surface area is 158 Å². The molecular weight excluding hydrogens is 320 g/mol.